The third-order valence-electron chi connectivity index (χ3n) is 2.55. The van der Waals surface area contributed by atoms with Crippen LogP contribution in [-0.2, 0) is 0 Å². The number of rotatable bonds is 3. The van der Waals surface area contributed by atoms with E-state index in [1.54, 1.807) is 0 Å². The molecule has 2 N–H and O–H groups in total. The normalized spacial score (nSPS) is 10.1. The van der Waals surface area contributed by atoms with Gasteiger partial charge in [-0.25, -0.2) is 0 Å². The Hall–Kier alpha value is -2.89. The van der Waals surface area contributed by atoms with Gasteiger partial charge in [0.15, 0.2) is 5.78 Å². The lowest BCUT2D eigenvalue weighted by Crippen LogP contribution is -2.02. The van der Waals surface area contributed by atoms with Gasteiger partial charge < -0.3 is 10.2 Å². The van der Waals surface area contributed by atoms with E-state index < -0.39 is 10.7 Å². The summed E-state index contributed by atoms with van der Waals surface area (Å²) in [5, 5.41) is 29.4. The van der Waals surface area contributed by atoms with Crippen molar-refractivity contribution >= 4 is 11.5 Å². The monoisotopic (exact) mass is 259 g/mol. The average Bonchev–Trinajstić information content (AvgIpc) is 2.38. The first-order valence-corrected chi connectivity index (χ1v) is 5.30. The minimum Gasteiger partial charge on any atom is -0.508 e. The molecule has 0 radical (unpaired) electrons. The number of hydrogen-bond donors (Lipinski definition) is 2. The first kappa shape index (κ1) is 12.6. The number of hydrogen-bond acceptors (Lipinski definition) is 5. The number of benzene rings is 2. The molecule has 2 rings (SSSR count). The molecule has 6 heteroatoms. The summed E-state index contributed by atoms with van der Waals surface area (Å²) in [5.74, 6) is -1.11. The molecule has 0 aromatic heterocycles. The van der Waals surface area contributed by atoms with Crippen LogP contribution in [0.1, 0.15) is 15.9 Å². The van der Waals surface area contributed by atoms with Crippen molar-refractivity contribution < 1.29 is 19.9 Å². The van der Waals surface area contributed by atoms with Gasteiger partial charge in [0.2, 0.25) is 0 Å². The van der Waals surface area contributed by atoms with E-state index in [1.165, 1.54) is 30.3 Å². The zero-order valence-corrected chi connectivity index (χ0v) is 9.61. The number of carbonyl (C=O) groups excluding carboxylic acids is 1. The second kappa shape index (κ2) is 4.77. The number of non-ortho nitro benzene ring substituents is 1. The molecule has 0 saturated heterocycles. The summed E-state index contributed by atoms with van der Waals surface area (Å²) in [6, 6.07) is 8.76. The molecule has 0 aliphatic heterocycles. The second-order valence-electron chi connectivity index (χ2n) is 3.84. The predicted octanol–water partition coefficient (Wildman–Crippen LogP) is 2.24. The standard InChI is InChI=1S/C13H9NO5/c15-10-4-5-11(12(16)7-10)13(17)8-2-1-3-9(6-8)14(18)19/h1-7,15-16H. The van der Waals surface area contributed by atoms with Gasteiger partial charge >= 0.3 is 0 Å². The van der Waals surface area contributed by atoms with Crippen LogP contribution in [-0.4, -0.2) is 20.9 Å². The molecule has 2 aromatic rings. The van der Waals surface area contributed by atoms with Crippen molar-refractivity contribution in [2.24, 2.45) is 0 Å². The van der Waals surface area contributed by atoms with Crippen LogP contribution in [0.5, 0.6) is 11.5 Å². The van der Waals surface area contributed by atoms with Gasteiger partial charge in [0.25, 0.3) is 5.69 Å². The number of nitro groups is 1. The molecule has 0 unspecified atom stereocenters. The van der Waals surface area contributed by atoms with E-state index in [-0.39, 0.29) is 28.3 Å². The number of ketones is 1. The Bertz CT molecular complexity index is 666. The highest BCUT2D eigenvalue weighted by Crippen LogP contribution is 2.26. The number of nitrogens with zero attached hydrogens (tertiary/aromatic N) is 1. The van der Waals surface area contributed by atoms with Crippen LogP contribution in [0.3, 0.4) is 0 Å². The fourth-order valence-electron chi connectivity index (χ4n) is 1.63. The summed E-state index contributed by atoms with van der Waals surface area (Å²) >= 11 is 0. The van der Waals surface area contributed by atoms with Gasteiger partial charge in [0, 0.05) is 23.8 Å². The number of phenols is 2. The fourth-order valence-corrected chi connectivity index (χ4v) is 1.63. The van der Waals surface area contributed by atoms with Crippen LogP contribution in [0, 0.1) is 10.1 Å². The molecule has 0 saturated carbocycles. The molecular formula is C13H9NO5. The first-order chi connectivity index (χ1) is 8.99. The van der Waals surface area contributed by atoms with E-state index in [2.05, 4.69) is 0 Å². The Labute approximate surface area is 107 Å². The maximum Gasteiger partial charge on any atom is 0.270 e. The van der Waals surface area contributed by atoms with Gasteiger partial charge in [-0.05, 0) is 12.1 Å². The molecule has 0 bridgehead atoms. The third-order valence-corrected chi connectivity index (χ3v) is 2.55. The molecule has 0 aliphatic rings. The maximum absolute atomic E-state index is 12.1. The molecular weight excluding hydrogens is 250 g/mol. The van der Waals surface area contributed by atoms with Gasteiger partial charge in [0.05, 0.1) is 10.5 Å². The molecule has 0 aliphatic carbocycles. The van der Waals surface area contributed by atoms with E-state index in [0.29, 0.717) is 0 Å². The zero-order chi connectivity index (χ0) is 14.0. The van der Waals surface area contributed by atoms with Crippen LogP contribution in [0.25, 0.3) is 0 Å². The van der Waals surface area contributed by atoms with E-state index in [9.17, 15) is 20.0 Å². The van der Waals surface area contributed by atoms with Crippen molar-refractivity contribution in [1.82, 2.24) is 0 Å². The van der Waals surface area contributed by atoms with E-state index >= 15 is 0 Å². The highest BCUT2D eigenvalue weighted by Gasteiger charge is 2.16. The molecule has 0 atom stereocenters. The van der Waals surface area contributed by atoms with Crippen molar-refractivity contribution in [3.05, 3.63) is 63.7 Å². The van der Waals surface area contributed by atoms with E-state index in [0.717, 1.165) is 12.1 Å². The highest BCUT2D eigenvalue weighted by atomic mass is 16.6. The predicted molar refractivity (Wildman–Crippen MR) is 66.3 cm³/mol. The van der Waals surface area contributed by atoms with Crippen LogP contribution in [0.2, 0.25) is 0 Å². The largest absolute Gasteiger partial charge is 0.508 e. The molecule has 19 heavy (non-hydrogen) atoms. The van der Waals surface area contributed by atoms with Gasteiger partial charge in [0.1, 0.15) is 11.5 Å². The Morgan fingerprint density at radius 2 is 1.84 bits per heavy atom. The summed E-state index contributed by atoms with van der Waals surface area (Å²) in [5.41, 5.74) is -0.141. The van der Waals surface area contributed by atoms with Gasteiger partial charge in [-0.2, -0.15) is 0 Å². The molecule has 0 heterocycles. The summed E-state index contributed by atoms with van der Waals surface area (Å²) in [4.78, 5) is 22.1. The molecule has 2 aromatic carbocycles. The average molecular weight is 259 g/mol. The Kier molecular flexibility index (Phi) is 3.15. The van der Waals surface area contributed by atoms with Crippen molar-refractivity contribution in [2.45, 2.75) is 0 Å². The van der Waals surface area contributed by atoms with Crippen LogP contribution in [0.15, 0.2) is 42.5 Å². The van der Waals surface area contributed by atoms with E-state index in [4.69, 9.17) is 5.11 Å². The first-order valence-electron chi connectivity index (χ1n) is 5.30. The van der Waals surface area contributed by atoms with Gasteiger partial charge in [-0.15, -0.1) is 0 Å². The number of aromatic hydroxyl groups is 2. The molecule has 96 valence electrons. The van der Waals surface area contributed by atoms with Crippen molar-refractivity contribution in [2.75, 3.05) is 0 Å². The van der Waals surface area contributed by atoms with Crippen LogP contribution in [0.4, 0.5) is 5.69 Å². The fraction of sp³-hybridized carbons (Fsp3) is 0. The Balaban J connectivity index is 2.44. The third kappa shape index (κ3) is 2.52. The summed E-state index contributed by atoms with van der Waals surface area (Å²) < 4.78 is 0. The topological polar surface area (TPSA) is 101 Å². The molecule has 6 nitrogen and oxygen atoms in total. The lowest BCUT2D eigenvalue weighted by Gasteiger charge is -2.04. The summed E-state index contributed by atoms with van der Waals surface area (Å²) in [6.07, 6.45) is 0. The lowest BCUT2D eigenvalue weighted by molar-refractivity contribution is -0.384. The smallest absolute Gasteiger partial charge is 0.270 e. The highest BCUT2D eigenvalue weighted by molar-refractivity contribution is 6.11. The lowest BCUT2D eigenvalue weighted by atomic mass is 10.0. The molecule has 0 spiro atoms. The minimum absolute atomic E-state index is 0.0294. The number of nitro benzene ring substituents is 1. The minimum atomic E-state index is -0.604. The molecule has 0 amide bonds. The van der Waals surface area contributed by atoms with Gasteiger partial charge in [-0.1, -0.05) is 12.1 Å². The summed E-state index contributed by atoms with van der Waals surface area (Å²) in [6.45, 7) is 0. The SMILES string of the molecule is O=C(c1cccc([N+](=O)[O-])c1)c1ccc(O)cc1O. The van der Waals surface area contributed by atoms with Crippen LogP contribution < -0.4 is 0 Å². The number of phenolic OH excluding ortho intramolecular Hbond substituents is 2. The van der Waals surface area contributed by atoms with Crippen molar-refractivity contribution in [3.8, 4) is 11.5 Å². The second-order valence-corrected chi connectivity index (χ2v) is 3.84. The number of carbonyl (C=O) groups is 1. The molecule has 0 fully saturated rings. The van der Waals surface area contributed by atoms with Crippen molar-refractivity contribution in [3.63, 3.8) is 0 Å². The zero-order valence-electron chi connectivity index (χ0n) is 9.61. The maximum atomic E-state index is 12.1. The summed E-state index contributed by atoms with van der Waals surface area (Å²) in [7, 11) is 0. The van der Waals surface area contributed by atoms with Crippen LogP contribution >= 0.6 is 0 Å². The Morgan fingerprint density at radius 3 is 2.47 bits per heavy atom. The Morgan fingerprint density at radius 1 is 1.11 bits per heavy atom. The van der Waals surface area contributed by atoms with Gasteiger partial charge in [-0.3, -0.25) is 14.9 Å². The quantitative estimate of drug-likeness (QED) is 0.500. The van der Waals surface area contributed by atoms with Crippen molar-refractivity contribution in [1.29, 1.82) is 0 Å². The van der Waals surface area contributed by atoms with E-state index in [1.807, 2.05) is 0 Å².